The van der Waals surface area contributed by atoms with Gasteiger partial charge in [0, 0.05) is 33.1 Å². The molecular formula is C11H21N3O2. The Hall–Kier alpha value is -1.10. The summed E-state index contributed by atoms with van der Waals surface area (Å²) >= 11 is 0. The van der Waals surface area contributed by atoms with E-state index in [0.717, 1.165) is 12.8 Å². The van der Waals surface area contributed by atoms with Gasteiger partial charge >= 0.3 is 0 Å². The summed E-state index contributed by atoms with van der Waals surface area (Å²) in [7, 11) is 0. The first kappa shape index (κ1) is 13.0. The predicted molar refractivity (Wildman–Crippen MR) is 61.7 cm³/mol. The van der Waals surface area contributed by atoms with Crippen LogP contribution in [0.25, 0.3) is 0 Å². The summed E-state index contributed by atoms with van der Waals surface area (Å²) in [5.41, 5.74) is 5.78. The lowest BCUT2D eigenvalue weighted by Crippen LogP contribution is -2.53. The smallest absolute Gasteiger partial charge is 0.239 e. The van der Waals surface area contributed by atoms with Gasteiger partial charge in [0.2, 0.25) is 11.8 Å². The number of carbonyl (C=O) groups excluding carboxylic acids is 2. The van der Waals surface area contributed by atoms with Gasteiger partial charge in [-0.25, -0.2) is 0 Å². The molecule has 0 aliphatic carbocycles. The van der Waals surface area contributed by atoms with Crippen molar-refractivity contribution in [2.75, 3.05) is 26.2 Å². The van der Waals surface area contributed by atoms with Gasteiger partial charge in [-0.15, -0.1) is 0 Å². The van der Waals surface area contributed by atoms with Gasteiger partial charge < -0.3 is 15.5 Å². The van der Waals surface area contributed by atoms with Crippen molar-refractivity contribution in [3.8, 4) is 0 Å². The molecule has 0 spiro atoms. The minimum Gasteiger partial charge on any atom is -0.339 e. The molecule has 0 aromatic heterocycles. The van der Waals surface area contributed by atoms with E-state index in [2.05, 4.69) is 0 Å². The maximum Gasteiger partial charge on any atom is 0.239 e. The second kappa shape index (κ2) is 5.84. The Labute approximate surface area is 96.6 Å². The highest BCUT2D eigenvalue weighted by atomic mass is 16.2. The largest absolute Gasteiger partial charge is 0.339 e. The maximum atomic E-state index is 11.9. The zero-order valence-corrected chi connectivity index (χ0v) is 10.1. The van der Waals surface area contributed by atoms with Crippen LogP contribution in [0, 0.1) is 0 Å². The maximum absolute atomic E-state index is 11.9. The first-order valence-corrected chi connectivity index (χ1v) is 5.86. The molecule has 1 fully saturated rings. The standard InChI is InChI=1S/C11H21N3O2/c1-3-4-10(12)11(16)14-7-5-13(6-8-14)9(2)15/h10H,3-8,12H2,1-2H3. The van der Waals surface area contributed by atoms with E-state index in [9.17, 15) is 9.59 Å². The van der Waals surface area contributed by atoms with Crippen molar-refractivity contribution in [3.63, 3.8) is 0 Å². The van der Waals surface area contributed by atoms with Gasteiger partial charge in [0.25, 0.3) is 0 Å². The number of rotatable bonds is 3. The van der Waals surface area contributed by atoms with Gasteiger partial charge in [-0.1, -0.05) is 13.3 Å². The predicted octanol–water partition coefficient (Wildman–Crippen LogP) is -0.195. The summed E-state index contributed by atoms with van der Waals surface area (Å²) < 4.78 is 0. The highest BCUT2D eigenvalue weighted by Crippen LogP contribution is 2.06. The van der Waals surface area contributed by atoms with Gasteiger partial charge in [0.15, 0.2) is 0 Å². The monoisotopic (exact) mass is 227 g/mol. The lowest BCUT2D eigenvalue weighted by atomic mass is 10.1. The van der Waals surface area contributed by atoms with Crippen molar-refractivity contribution in [1.29, 1.82) is 0 Å². The SMILES string of the molecule is CCCC(N)C(=O)N1CCN(C(C)=O)CC1. The Morgan fingerprint density at radius 2 is 1.69 bits per heavy atom. The quantitative estimate of drug-likeness (QED) is 0.726. The fraction of sp³-hybridized carbons (Fsp3) is 0.818. The number of hydrogen-bond donors (Lipinski definition) is 1. The van der Waals surface area contributed by atoms with Crippen LogP contribution in [0.3, 0.4) is 0 Å². The molecule has 1 atom stereocenters. The van der Waals surface area contributed by atoms with Crippen LogP contribution in [0.4, 0.5) is 0 Å². The molecule has 5 nitrogen and oxygen atoms in total. The molecule has 2 amide bonds. The third-order valence-corrected chi connectivity index (χ3v) is 2.95. The Morgan fingerprint density at radius 1 is 1.19 bits per heavy atom. The van der Waals surface area contributed by atoms with Crippen molar-refractivity contribution >= 4 is 11.8 Å². The van der Waals surface area contributed by atoms with Crippen LogP contribution in [0.1, 0.15) is 26.7 Å². The topological polar surface area (TPSA) is 66.6 Å². The Balaban J connectivity index is 2.41. The first-order chi connectivity index (χ1) is 7.56. The molecule has 92 valence electrons. The zero-order valence-electron chi connectivity index (χ0n) is 10.1. The molecule has 0 bridgehead atoms. The summed E-state index contributed by atoms with van der Waals surface area (Å²) in [4.78, 5) is 26.5. The van der Waals surface area contributed by atoms with Crippen molar-refractivity contribution in [2.24, 2.45) is 5.73 Å². The highest BCUT2D eigenvalue weighted by molar-refractivity contribution is 5.82. The number of carbonyl (C=O) groups is 2. The average molecular weight is 227 g/mol. The van der Waals surface area contributed by atoms with Gasteiger partial charge in [-0.05, 0) is 6.42 Å². The second-order valence-electron chi connectivity index (χ2n) is 4.23. The van der Waals surface area contributed by atoms with E-state index in [1.807, 2.05) is 6.92 Å². The number of nitrogens with zero attached hydrogens (tertiary/aromatic N) is 2. The van der Waals surface area contributed by atoms with E-state index >= 15 is 0 Å². The summed E-state index contributed by atoms with van der Waals surface area (Å²) in [6.07, 6.45) is 1.64. The molecule has 0 radical (unpaired) electrons. The van der Waals surface area contributed by atoms with Crippen molar-refractivity contribution in [1.82, 2.24) is 9.80 Å². The van der Waals surface area contributed by atoms with Crippen molar-refractivity contribution in [2.45, 2.75) is 32.7 Å². The molecule has 2 N–H and O–H groups in total. The van der Waals surface area contributed by atoms with Crippen LogP contribution in [0.15, 0.2) is 0 Å². The van der Waals surface area contributed by atoms with Crippen molar-refractivity contribution in [3.05, 3.63) is 0 Å². The fourth-order valence-electron chi connectivity index (χ4n) is 1.91. The van der Waals surface area contributed by atoms with Gasteiger partial charge in [0.1, 0.15) is 0 Å². The van der Waals surface area contributed by atoms with E-state index in [1.54, 1.807) is 16.7 Å². The zero-order chi connectivity index (χ0) is 12.1. The lowest BCUT2D eigenvalue weighted by Gasteiger charge is -2.35. The molecule has 1 rings (SSSR count). The summed E-state index contributed by atoms with van der Waals surface area (Å²) in [6.45, 7) is 6.03. The van der Waals surface area contributed by atoms with E-state index in [4.69, 9.17) is 5.73 Å². The van der Waals surface area contributed by atoms with Gasteiger partial charge in [-0.2, -0.15) is 0 Å². The normalized spacial score (nSPS) is 18.4. The van der Waals surface area contributed by atoms with Gasteiger partial charge in [-0.3, -0.25) is 9.59 Å². The van der Waals surface area contributed by atoms with Crippen LogP contribution in [-0.4, -0.2) is 53.8 Å². The van der Waals surface area contributed by atoms with E-state index in [1.165, 1.54) is 0 Å². The third-order valence-electron chi connectivity index (χ3n) is 2.95. The van der Waals surface area contributed by atoms with Crippen LogP contribution < -0.4 is 5.73 Å². The molecule has 0 saturated carbocycles. The Bertz CT molecular complexity index is 260. The van der Waals surface area contributed by atoms with E-state index in [-0.39, 0.29) is 17.9 Å². The molecule has 0 aromatic rings. The summed E-state index contributed by atoms with van der Waals surface area (Å²) in [6, 6.07) is -0.381. The fourth-order valence-corrected chi connectivity index (χ4v) is 1.91. The van der Waals surface area contributed by atoms with Crippen LogP contribution in [-0.2, 0) is 9.59 Å². The molecule has 1 unspecified atom stereocenters. The Morgan fingerprint density at radius 3 is 2.12 bits per heavy atom. The van der Waals surface area contributed by atoms with E-state index < -0.39 is 0 Å². The molecule has 1 heterocycles. The van der Waals surface area contributed by atoms with Crippen LogP contribution in [0.2, 0.25) is 0 Å². The van der Waals surface area contributed by atoms with Crippen LogP contribution in [0.5, 0.6) is 0 Å². The number of amides is 2. The van der Waals surface area contributed by atoms with Crippen LogP contribution >= 0.6 is 0 Å². The van der Waals surface area contributed by atoms with Crippen molar-refractivity contribution < 1.29 is 9.59 Å². The molecule has 1 saturated heterocycles. The number of hydrogen-bond acceptors (Lipinski definition) is 3. The molecular weight excluding hydrogens is 206 g/mol. The van der Waals surface area contributed by atoms with E-state index in [0.29, 0.717) is 26.2 Å². The molecule has 0 aromatic carbocycles. The van der Waals surface area contributed by atoms with Gasteiger partial charge in [0.05, 0.1) is 6.04 Å². The molecule has 1 aliphatic heterocycles. The molecule has 5 heteroatoms. The Kier molecular flexibility index (Phi) is 4.73. The summed E-state index contributed by atoms with van der Waals surface area (Å²) in [5, 5.41) is 0. The third kappa shape index (κ3) is 3.20. The first-order valence-electron chi connectivity index (χ1n) is 5.86. The molecule has 1 aliphatic rings. The highest BCUT2D eigenvalue weighted by Gasteiger charge is 2.25. The average Bonchev–Trinajstić information content (AvgIpc) is 2.28. The number of nitrogens with two attached hydrogens (primary N) is 1. The minimum absolute atomic E-state index is 0.0186. The lowest BCUT2D eigenvalue weighted by molar-refractivity contribution is -0.139. The minimum atomic E-state index is -0.381. The number of piperazine rings is 1. The molecule has 16 heavy (non-hydrogen) atoms. The second-order valence-corrected chi connectivity index (χ2v) is 4.23. The summed E-state index contributed by atoms with van der Waals surface area (Å²) in [5.74, 6) is 0.0926.